The number of carbonyl (C=O) groups excluding carboxylic acids is 4. The van der Waals surface area contributed by atoms with Crippen LogP contribution in [0.3, 0.4) is 0 Å². The molecular formula is C20H29NO8. The van der Waals surface area contributed by atoms with Gasteiger partial charge in [-0.2, -0.15) is 0 Å². The summed E-state index contributed by atoms with van der Waals surface area (Å²) < 4.78 is 21.9. The summed E-state index contributed by atoms with van der Waals surface area (Å²) in [6, 6.07) is -1.08. The van der Waals surface area contributed by atoms with Gasteiger partial charge < -0.3 is 18.9 Å². The third kappa shape index (κ3) is 4.95. The molecular weight excluding hydrogens is 382 g/mol. The molecule has 0 unspecified atom stereocenters. The van der Waals surface area contributed by atoms with Gasteiger partial charge in [-0.1, -0.05) is 6.08 Å². The Hall–Kier alpha value is -2.42. The highest BCUT2D eigenvalue weighted by Gasteiger charge is 2.57. The topological polar surface area (TPSA) is 108 Å². The van der Waals surface area contributed by atoms with Crippen molar-refractivity contribution < 1.29 is 38.1 Å². The van der Waals surface area contributed by atoms with E-state index in [0.29, 0.717) is 0 Å². The van der Waals surface area contributed by atoms with Gasteiger partial charge in [-0.15, -0.1) is 0 Å². The van der Waals surface area contributed by atoms with Crippen LogP contribution in [0.4, 0.5) is 4.79 Å². The maximum atomic E-state index is 12.6. The molecule has 2 saturated heterocycles. The van der Waals surface area contributed by atoms with Crippen LogP contribution >= 0.6 is 0 Å². The lowest BCUT2D eigenvalue weighted by Gasteiger charge is -2.40. The highest BCUT2D eigenvalue weighted by Crippen LogP contribution is 2.34. The van der Waals surface area contributed by atoms with Crippen molar-refractivity contribution in [2.75, 3.05) is 6.61 Å². The molecule has 9 heteroatoms. The van der Waals surface area contributed by atoms with Crippen molar-refractivity contribution in [1.82, 2.24) is 4.90 Å². The highest BCUT2D eigenvalue weighted by molar-refractivity contribution is 6.00. The summed E-state index contributed by atoms with van der Waals surface area (Å²) in [5, 5.41) is 0. The quantitative estimate of drug-likeness (QED) is 0.395. The smallest absolute Gasteiger partial charge is 0.419 e. The van der Waals surface area contributed by atoms with E-state index in [-0.39, 0.29) is 6.61 Å². The second kappa shape index (κ2) is 8.14. The summed E-state index contributed by atoms with van der Waals surface area (Å²) in [5.41, 5.74) is -1.66. The number of rotatable bonds is 3. The van der Waals surface area contributed by atoms with Gasteiger partial charge in [0.2, 0.25) is 6.29 Å². The number of hydrogen-bond donors (Lipinski definition) is 0. The number of nitrogens with zero attached hydrogens (tertiary/aromatic N) is 1. The van der Waals surface area contributed by atoms with E-state index in [9.17, 15) is 19.2 Å². The van der Waals surface area contributed by atoms with Crippen LogP contribution < -0.4 is 0 Å². The number of carbonyl (C=O) groups is 4. The predicted octanol–water partition coefficient (Wildman–Crippen LogP) is 2.18. The second-order valence-electron chi connectivity index (χ2n) is 9.10. The highest BCUT2D eigenvalue weighted by atomic mass is 16.7. The lowest BCUT2D eigenvalue weighted by molar-refractivity contribution is -0.227. The van der Waals surface area contributed by atoms with Crippen molar-refractivity contribution in [2.45, 2.75) is 73.0 Å². The molecule has 4 atom stereocenters. The van der Waals surface area contributed by atoms with Crippen molar-refractivity contribution in [3.63, 3.8) is 0 Å². The standard InChI is InChI=1S/C20H29NO8/c1-8-9-12(22)21-13-14(28-17(24)20(5,6)7)11(27-16(23)19(2,3)4)10-26-15(13)29-18(21)25/h8-9,11,13-15H,10H2,1-7H3/b9-8+/t11-,13+,14-,15+/m1/s1. The largest absolute Gasteiger partial charge is 0.455 e. The van der Waals surface area contributed by atoms with E-state index in [1.54, 1.807) is 48.5 Å². The fourth-order valence-electron chi connectivity index (χ4n) is 2.73. The number of fused-ring (bicyclic) bond motifs is 1. The average Bonchev–Trinajstić information content (AvgIpc) is 2.91. The SMILES string of the molecule is C/C=C/C(=O)N1C(=O)O[C@@H]2OC[C@@H](OC(=O)C(C)(C)C)[C@@H](OC(=O)C(C)(C)C)[C@@H]21. The number of amides is 2. The summed E-state index contributed by atoms with van der Waals surface area (Å²) in [6.07, 6.45) is -1.52. The van der Waals surface area contributed by atoms with E-state index in [1.807, 2.05) is 0 Å². The molecule has 2 aliphatic heterocycles. The molecule has 0 N–H and O–H groups in total. The zero-order chi connectivity index (χ0) is 22.1. The van der Waals surface area contributed by atoms with E-state index in [1.165, 1.54) is 12.2 Å². The van der Waals surface area contributed by atoms with Gasteiger partial charge in [-0.05, 0) is 54.5 Å². The third-order valence-electron chi connectivity index (χ3n) is 4.39. The minimum absolute atomic E-state index is 0.149. The molecule has 0 aromatic heterocycles. The maximum Gasteiger partial charge on any atom is 0.419 e. The molecule has 2 heterocycles. The zero-order valence-electron chi connectivity index (χ0n) is 17.9. The Kier molecular flexibility index (Phi) is 6.42. The first-order valence-corrected chi connectivity index (χ1v) is 9.47. The van der Waals surface area contributed by atoms with E-state index >= 15 is 0 Å². The summed E-state index contributed by atoms with van der Waals surface area (Å²) >= 11 is 0. The van der Waals surface area contributed by atoms with Gasteiger partial charge in [-0.25, -0.2) is 9.69 Å². The van der Waals surface area contributed by atoms with E-state index in [4.69, 9.17) is 18.9 Å². The van der Waals surface area contributed by atoms with Crippen LogP contribution in [-0.2, 0) is 33.3 Å². The van der Waals surface area contributed by atoms with Gasteiger partial charge in [0.15, 0.2) is 12.2 Å². The minimum atomic E-state index is -1.13. The first-order valence-electron chi connectivity index (χ1n) is 9.47. The summed E-state index contributed by atoms with van der Waals surface area (Å²) in [7, 11) is 0. The number of ether oxygens (including phenoxy) is 4. The molecule has 0 bridgehead atoms. The van der Waals surface area contributed by atoms with Gasteiger partial charge in [0, 0.05) is 0 Å². The maximum absolute atomic E-state index is 12.6. The zero-order valence-corrected chi connectivity index (χ0v) is 17.9. The Bertz CT molecular complexity index is 715. The van der Waals surface area contributed by atoms with Crippen LogP contribution in [0.5, 0.6) is 0 Å². The molecule has 2 amide bonds. The van der Waals surface area contributed by atoms with Gasteiger partial charge in [-0.3, -0.25) is 14.4 Å². The van der Waals surface area contributed by atoms with Gasteiger partial charge in [0.25, 0.3) is 5.91 Å². The van der Waals surface area contributed by atoms with Crippen molar-refractivity contribution in [3.05, 3.63) is 12.2 Å². The van der Waals surface area contributed by atoms with Crippen molar-refractivity contribution in [3.8, 4) is 0 Å². The molecule has 9 nitrogen and oxygen atoms in total. The van der Waals surface area contributed by atoms with Crippen LogP contribution in [-0.4, -0.2) is 60.0 Å². The Labute approximate surface area is 170 Å². The van der Waals surface area contributed by atoms with Crippen LogP contribution in [0, 0.1) is 10.8 Å². The molecule has 0 aromatic carbocycles. The summed E-state index contributed by atoms with van der Waals surface area (Å²) in [4.78, 5) is 50.6. The van der Waals surface area contributed by atoms with E-state index in [0.717, 1.165) is 4.90 Å². The fourth-order valence-corrected chi connectivity index (χ4v) is 2.73. The first kappa shape index (κ1) is 22.9. The van der Waals surface area contributed by atoms with Crippen LogP contribution in [0.25, 0.3) is 0 Å². The Balaban J connectivity index is 2.40. The van der Waals surface area contributed by atoms with E-state index in [2.05, 4.69) is 0 Å². The van der Waals surface area contributed by atoms with Crippen LogP contribution in [0.1, 0.15) is 48.5 Å². The van der Waals surface area contributed by atoms with Gasteiger partial charge >= 0.3 is 18.0 Å². The van der Waals surface area contributed by atoms with Crippen LogP contribution in [0.2, 0.25) is 0 Å². The molecule has 2 aliphatic rings. The lowest BCUT2D eigenvalue weighted by atomic mass is 9.95. The molecule has 0 spiro atoms. The summed E-state index contributed by atoms with van der Waals surface area (Å²) in [6.45, 7) is 11.5. The second-order valence-corrected chi connectivity index (χ2v) is 9.10. The molecule has 0 aliphatic carbocycles. The van der Waals surface area contributed by atoms with Gasteiger partial charge in [0.05, 0.1) is 17.4 Å². The molecule has 29 heavy (non-hydrogen) atoms. The first-order chi connectivity index (χ1) is 13.3. The predicted molar refractivity (Wildman–Crippen MR) is 100 cm³/mol. The third-order valence-corrected chi connectivity index (χ3v) is 4.39. The minimum Gasteiger partial charge on any atom is -0.455 e. The summed E-state index contributed by atoms with van der Waals surface area (Å²) in [5.74, 6) is -1.75. The fraction of sp³-hybridized carbons (Fsp3) is 0.700. The molecule has 0 saturated carbocycles. The monoisotopic (exact) mass is 411 g/mol. The molecule has 2 fully saturated rings. The Morgan fingerprint density at radius 2 is 1.59 bits per heavy atom. The number of imide groups is 1. The molecule has 0 aromatic rings. The molecule has 2 rings (SSSR count). The van der Waals surface area contributed by atoms with Crippen LogP contribution in [0.15, 0.2) is 12.2 Å². The normalized spacial score (nSPS) is 27.4. The van der Waals surface area contributed by atoms with Crippen molar-refractivity contribution >= 4 is 23.9 Å². The Morgan fingerprint density at radius 3 is 2.10 bits per heavy atom. The lowest BCUT2D eigenvalue weighted by Crippen LogP contribution is -2.60. The number of hydrogen-bond acceptors (Lipinski definition) is 8. The Morgan fingerprint density at radius 1 is 1.03 bits per heavy atom. The molecule has 162 valence electrons. The number of allylic oxidation sites excluding steroid dienone is 1. The van der Waals surface area contributed by atoms with Crippen molar-refractivity contribution in [2.24, 2.45) is 10.8 Å². The van der Waals surface area contributed by atoms with E-state index < -0.39 is 59.3 Å². The number of esters is 2. The van der Waals surface area contributed by atoms with Crippen molar-refractivity contribution in [1.29, 1.82) is 0 Å². The van der Waals surface area contributed by atoms with Gasteiger partial charge in [0.1, 0.15) is 6.04 Å². The average molecular weight is 411 g/mol. The molecule has 0 radical (unpaired) electrons.